The predicted molar refractivity (Wildman–Crippen MR) is 114 cm³/mol. The van der Waals surface area contributed by atoms with Gasteiger partial charge < -0.3 is 8.98 Å². The van der Waals surface area contributed by atoms with Crippen molar-refractivity contribution in [2.45, 2.75) is 32.7 Å². The Morgan fingerprint density at radius 2 is 2.03 bits per heavy atom. The zero-order chi connectivity index (χ0) is 23.0. The van der Waals surface area contributed by atoms with Gasteiger partial charge in [0, 0.05) is 47.9 Å². The minimum absolute atomic E-state index is 0.0529. The number of aromatic nitrogens is 3. The number of carbonyl (C=O) groups excluding carboxylic acids is 1. The third-order valence-corrected chi connectivity index (χ3v) is 4.93. The molecule has 3 aromatic heterocycles. The zero-order valence-corrected chi connectivity index (χ0v) is 17.7. The van der Waals surface area contributed by atoms with Gasteiger partial charge in [-0.2, -0.15) is 8.78 Å². The zero-order valence-electron chi connectivity index (χ0n) is 17.7. The van der Waals surface area contributed by atoms with Crippen molar-refractivity contribution < 1.29 is 18.0 Å². The predicted octanol–water partition coefficient (Wildman–Crippen LogP) is 4.45. The molecule has 0 radical (unpaired) electrons. The third-order valence-electron chi connectivity index (χ3n) is 4.93. The minimum atomic E-state index is -3.07. The van der Waals surface area contributed by atoms with Crippen LogP contribution in [-0.4, -0.2) is 37.9 Å². The first-order valence-electron chi connectivity index (χ1n) is 9.94. The molecular weight excluding hydrogens is 420 g/mol. The molecule has 4 heterocycles. The Kier molecular flexibility index (Phi) is 5.37. The van der Waals surface area contributed by atoms with E-state index >= 15 is 0 Å². The summed E-state index contributed by atoms with van der Waals surface area (Å²) in [7, 11) is 0. The number of hydrogen-bond donors (Lipinski definition) is 1. The van der Waals surface area contributed by atoms with Crippen LogP contribution < -0.4 is 10.9 Å². The van der Waals surface area contributed by atoms with Gasteiger partial charge in [-0.05, 0) is 39.0 Å². The molecule has 3 aromatic rings. The fraction of sp³-hybridized carbons (Fsp3) is 0.273. The highest BCUT2D eigenvalue weighted by Gasteiger charge is 2.35. The van der Waals surface area contributed by atoms with E-state index in [0.717, 1.165) is 11.1 Å². The normalized spacial score (nSPS) is 14.9. The summed E-state index contributed by atoms with van der Waals surface area (Å²) in [5.74, 6) is -2.04. The van der Waals surface area contributed by atoms with E-state index in [1.807, 2.05) is 13.8 Å². The number of nitrogens with zero attached hydrogens (tertiary/aromatic N) is 4. The first-order chi connectivity index (χ1) is 15.1. The van der Waals surface area contributed by atoms with Gasteiger partial charge in [0.2, 0.25) is 5.95 Å². The van der Waals surface area contributed by atoms with Crippen LogP contribution in [-0.2, 0) is 0 Å². The molecule has 0 aromatic carbocycles. The fourth-order valence-corrected chi connectivity index (χ4v) is 3.31. The van der Waals surface area contributed by atoms with Crippen molar-refractivity contribution in [3.63, 3.8) is 0 Å². The summed E-state index contributed by atoms with van der Waals surface area (Å²) in [6.45, 7) is 4.82. The smallest absolute Gasteiger partial charge is 0.328 e. The number of halogens is 2. The average Bonchev–Trinajstić information content (AvgIpc) is 3.33. The molecule has 0 aliphatic carbocycles. The number of urea groups is 1. The van der Waals surface area contributed by atoms with E-state index in [1.165, 1.54) is 12.3 Å². The minimum Gasteiger partial charge on any atom is -0.460 e. The SMILES string of the molecule is Cc1ccc(-c2nc(NC(=O)N3C=CC(F)(F)C3)ncc2-c2ccc(=O)n(C(C)C)c2)o1. The first kappa shape index (κ1) is 21.4. The molecule has 0 saturated heterocycles. The highest BCUT2D eigenvalue weighted by Crippen LogP contribution is 2.32. The van der Waals surface area contributed by atoms with Crippen LogP contribution in [0.25, 0.3) is 22.6 Å². The molecule has 8 nitrogen and oxygen atoms in total. The van der Waals surface area contributed by atoms with Crippen LogP contribution in [0.4, 0.5) is 19.5 Å². The van der Waals surface area contributed by atoms with Gasteiger partial charge in [0.25, 0.3) is 11.5 Å². The molecule has 0 unspecified atom stereocenters. The second-order valence-electron chi connectivity index (χ2n) is 7.76. The van der Waals surface area contributed by atoms with E-state index < -0.39 is 18.5 Å². The number of furan rings is 1. The number of carbonyl (C=O) groups is 1. The average molecular weight is 441 g/mol. The van der Waals surface area contributed by atoms with E-state index in [1.54, 1.807) is 35.9 Å². The number of nitrogens with one attached hydrogen (secondary N) is 1. The van der Waals surface area contributed by atoms with Crippen molar-refractivity contribution in [2.24, 2.45) is 0 Å². The Bertz CT molecular complexity index is 1260. The van der Waals surface area contributed by atoms with Crippen LogP contribution >= 0.6 is 0 Å². The number of amides is 2. The summed E-state index contributed by atoms with van der Waals surface area (Å²) in [6, 6.07) is 5.79. The van der Waals surface area contributed by atoms with E-state index in [4.69, 9.17) is 4.42 Å². The quantitative estimate of drug-likeness (QED) is 0.646. The lowest BCUT2D eigenvalue weighted by Gasteiger charge is -2.17. The summed E-state index contributed by atoms with van der Waals surface area (Å²) in [6.07, 6.45) is 4.89. The monoisotopic (exact) mass is 441 g/mol. The van der Waals surface area contributed by atoms with Gasteiger partial charge in [-0.1, -0.05) is 0 Å². The summed E-state index contributed by atoms with van der Waals surface area (Å²) in [5, 5.41) is 2.44. The second kappa shape index (κ2) is 8.03. The summed E-state index contributed by atoms with van der Waals surface area (Å²) in [5.41, 5.74) is 1.51. The van der Waals surface area contributed by atoms with Gasteiger partial charge in [0.15, 0.2) is 5.76 Å². The summed E-state index contributed by atoms with van der Waals surface area (Å²) < 4.78 is 34.0. The Morgan fingerprint density at radius 3 is 2.66 bits per heavy atom. The molecule has 0 bridgehead atoms. The van der Waals surface area contributed by atoms with E-state index in [0.29, 0.717) is 34.4 Å². The highest BCUT2D eigenvalue weighted by atomic mass is 19.3. The molecule has 166 valence electrons. The van der Waals surface area contributed by atoms with Crippen LogP contribution in [0.15, 0.2) is 58.1 Å². The Balaban J connectivity index is 1.72. The number of rotatable bonds is 4. The first-order valence-corrected chi connectivity index (χ1v) is 9.94. The number of aryl methyl sites for hydroxylation is 1. The summed E-state index contributed by atoms with van der Waals surface area (Å²) >= 11 is 0. The maximum atomic E-state index is 13.4. The van der Waals surface area contributed by atoms with Crippen LogP contribution in [0.1, 0.15) is 25.6 Å². The van der Waals surface area contributed by atoms with E-state index in [-0.39, 0.29) is 17.5 Å². The van der Waals surface area contributed by atoms with Crippen LogP contribution in [0, 0.1) is 6.92 Å². The highest BCUT2D eigenvalue weighted by molar-refractivity contribution is 5.89. The molecule has 0 saturated carbocycles. The number of pyridine rings is 1. The fourth-order valence-electron chi connectivity index (χ4n) is 3.31. The van der Waals surface area contributed by atoms with E-state index in [2.05, 4.69) is 15.3 Å². The van der Waals surface area contributed by atoms with E-state index in [9.17, 15) is 18.4 Å². The largest absolute Gasteiger partial charge is 0.460 e. The molecule has 0 fully saturated rings. The lowest BCUT2D eigenvalue weighted by atomic mass is 10.1. The van der Waals surface area contributed by atoms with Crippen molar-refractivity contribution in [3.05, 3.63) is 65.0 Å². The second-order valence-corrected chi connectivity index (χ2v) is 7.76. The van der Waals surface area contributed by atoms with Crippen LogP contribution in [0.2, 0.25) is 0 Å². The lowest BCUT2D eigenvalue weighted by molar-refractivity contribution is 0.0511. The molecule has 1 aliphatic heterocycles. The molecule has 0 spiro atoms. The Morgan fingerprint density at radius 1 is 1.25 bits per heavy atom. The molecule has 1 aliphatic rings. The standard InChI is InChI=1S/C22H21F2N5O3/c1-13(2)29-11-15(5-7-18(29)30)16-10-25-20(26-19(16)17-6-4-14(3)32-17)27-21(31)28-9-8-22(23,24)12-28/h4-11,13H,12H2,1-3H3,(H,25,26,27,31). The summed E-state index contributed by atoms with van der Waals surface area (Å²) in [4.78, 5) is 34.0. The molecular formula is C22H21F2N5O3. The van der Waals surface area contributed by atoms with Gasteiger partial charge in [0.1, 0.15) is 11.5 Å². The molecule has 2 amide bonds. The van der Waals surface area contributed by atoms with Gasteiger partial charge in [-0.15, -0.1) is 0 Å². The number of alkyl halides is 2. The third kappa shape index (κ3) is 4.29. The van der Waals surface area contributed by atoms with Crippen molar-refractivity contribution in [3.8, 4) is 22.6 Å². The maximum Gasteiger partial charge on any atom is 0.328 e. The van der Waals surface area contributed by atoms with Crippen LogP contribution in [0.3, 0.4) is 0 Å². The Labute approximate surface area is 182 Å². The number of hydrogen-bond acceptors (Lipinski definition) is 5. The molecule has 4 rings (SSSR count). The topological polar surface area (TPSA) is 93.3 Å². The maximum absolute atomic E-state index is 13.4. The van der Waals surface area contributed by atoms with Crippen molar-refractivity contribution >= 4 is 12.0 Å². The Hall–Kier alpha value is -3.82. The van der Waals surface area contributed by atoms with Gasteiger partial charge in [-0.25, -0.2) is 14.8 Å². The van der Waals surface area contributed by atoms with Gasteiger partial charge >= 0.3 is 6.03 Å². The molecule has 1 N–H and O–H groups in total. The molecule has 10 heteroatoms. The van der Waals surface area contributed by atoms with Crippen LogP contribution in [0.5, 0.6) is 0 Å². The lowest BCUT2D eigenvalue weighted by Crippen LogP contribution is -2.34. The molecule has 0 atom stereocenters. The van der Waals surface area contributed by atoms with Gasteiger partial charge in [-0.3, -0.25) is 15.0 Å². The van der Waals surface area contributed by atoms with Crippen molar-refractivity contribution in [1.29, 1.82) is 0 Å². The number of anilines is 1. The van der Waals surface area contributed by atoms with Gasteiger partial charge in [0.05, 0.1) is 6.54 Å². The molecule has 32 heavy (non-hydrogen) atoms. The van der Waals surface area contributed by atoms with Crippen molar-refractivity contribution in [1.82, 2.24) is 19.4 Å². The van der Waals surface area contributed by atoms with Crippen molar-refractivity contribution in [2.75, 3.05) is 11.9 Å².